The number of anilines is 2. The lowest BCUT2D eigenvalue weighted by atomic mass is 10.2. The number of aromatic nitrogens is 5. The molecule has 0 bridgehead atoms. The number of rotatable bonds is 6. The van der Waals surface area contributed by atoms with Crippen molar-refractivity contribution in [1.82, 2.24) is 29.8 Å². The van der Waals surface area contributed by atoms with Crippen molar-refractivity contribution in [2.75, 3.05) is 5.32 Å². The molecule has 4 rings (SSSR count). The van der Waals surface area contributed by atoms with Crippen LogP contribution in [0.3, 0.4) is 0 Å². The highest BCUT2D eigenvalue weighted by molar-refractivity contribution is 5.95. The van der Waals surface area contributed by atoms with Gasteiger partial charge in [-0.3, -0.25) is 9.78 Å². The van der Waals surface area contributed by atoms with Gasteiger partial charge in [0.2, 0.25) is 0 Å². The quantitative estimate of drug-likeness (QED) is 0.445. The predicted molar refractivity (Wildman–Crippen MR) is 116 cm³/mol. The predicted octanol–water partition coefficient (Wildman–Crippen LogP) is 4.49. The Hall–Kier alpha value is -4.02. The van der Waals surface area contributed by atoms with Gasteiger partial charge in [-0.25, -0.2) is 15.0 Å². The summed E-state index contributed by atoms with van der Waals surface area (Å²) in [7, 11) is 0. The summed E-state index contributed by atoms with van der Waals surface area (Å²) in [4.78, 5) is 29.6. The van der Waals surface area contributed by atoms with E-state index in [1.54, 1.807) is 25.5 Å². The van der Waals surface area contributed by atoms with Crippen LogP contribution in [0, 0.1) is 0 Å². The lowest BCUT2D eigenvalue weighted by Crippen LogP contribution is -2.28. The highest BCUT2D eigenvalue weighted by Crippen LogP contribution is 2.30. The maximum Gasteiger partial charge on any atom is 0.416 e. The van der Waals surface area contributed by atoms with E-state index >= 15 is 0 Å². The monoisotopic (exact) mass is 455 g/mol. The van der Waals surface area contributed by atoms with Crippen molar-refractivity contribution in [3.8, 4) is 0 Å². The van der Waals surface area contributed by atoms with Gasteiger partial charge in [0, 0.05) is 12.2 Å². The molecule has 1 atom stereocenters. The van der Waals surface area contributed by atoms with Crippen LogP contribution in [0.15, 0.2) is 55.2 Å². The smallest absolute Gasteiger partial charge is 0.343 e. The largest absolute Gasteiger partial charge is 0.416 e. The molecule has 0 aliphatic heterocycles. The normalized spacial score (nSPS) is 12.5. The van der Waals surface area contributed by atoms with Crippen molar-refractivity contribution >= 4 is 28.4 Å². The third kappa shape index (κ3) is 4.92. The van der Waals surface area contributed by atoms with Crippen molar-refractivity contribution in [1.29, 1.82) is 0 Å². The summed E-state index contributed by atoms with van der Waals surface area (Å²) in [5.74, 6) is -0.000935. The molecule has 3 heterocycles. The van der Waals surface area contributed by atoms with E-state index < -0.39 is 17.8 Å². The number of aryl methyl sites for hydroxylation is 1. The minimum absolute atomic E-state index is 0.262. The van der Waals surface area contributed by atoms with Crippen LogP contribution < -0.4 is 10.6 Å². The molecule has 0 saturated carbocycles. The number of amides is 1. The van der Waals surface area contributed by atoms with Crippen molar-refractivity contribution in [2.45, 2.75) is 32.6 Å². The number of alkyl halides is 3. The molecule has 3 aromatic heterocycles. The van der Waals surface area contributed by atoms with Crippen LogP contribution in [-0.2, 0) is 12.7 Å². The van der Waals surface area contributed by atoms with E-state index in [1.807, 2.05) is 11.5 Å². The molecule has 1 aromatic carbocycles. The zero-order valence-corrected chi connectivity index (χ0v) is 17.8. The Balaban J connectivity index is 1.41. The van der Waals surface area contributed by atoms with E-state index in [0.717, 1.165) is 24.2 Å². The summed E-state index contributed by atoms with van der Waals surface area (Å²) >= 11 is 0. The third-order valence-electron chi connectivity index (χ3n) is 5.03. The van der Waals surface area contributed by atoms with Crippen LogP contribution in [0.2, 0.25) is 0 Å². The topological polar surface area (TPSA) is 97.6 Å². The summed E-state index contributed by atoms with van der Waals surface area (Å²) < 4.78 is 39.9. The van der Waals surface area contributed by atoms with Crippen LogP contribution in [0.25, 0.3) is 11.0 Å². The Labute approximate surface area is 186 Å². The fourth-order valence-corrected chi connectivity index (χ4v) is 3.20. The van der Waals surface area contributed by atoms with Gasteiger partial charge in [0.25, 0.3) is 5.91 Å². The van der Waals surface area contributed by atoms with Crippen LogP contribution in [0.4, 0.5) is 24.7 Å². The fraction of sp³-hybridized carbons (Fsp3) is 0.227. The van der Waals surface area contributed by atoms with E-state index in [0.29, 0.717) is 22.7 Å². The minimum Gasteiger partial charge on any atom is -0.343 e. The van der Waals surface area contributed by atoms with Crippen molar-refractivity contribution in [2.24, 2.45) is 0 Å². The number of fused-ring (bicyclic) bond motifs is 1. The maximum atomic E-state index is 12.7. The van der Waals surface area contributed by atoms with Crippen LogP contribution >= 0.6 is 0 Å². The van der Waals surface area contributed by atoms with Gasteiger partial charge in [-0.15, -0.1) is 0 Å². The maximum absolute atomic E-state index is 12.7. The van der Waals surface area contributed by atoms with Gasteiger partial charge in [0.05, 0.1) is 47.7 Å². The molecule has 2 N–H and O–H groups in total. The number of benzene rings is 1. The third-order valence-corrected chi connectivity index (χ3v) is 5.03. The number of imidazole rings is 1. The lowest BCUT2D eigenvalue weighted by Gasteiger charge is -2.14. The number of nitrogens with one attached hydrogen (secondary N) is 2. The molecule has 0 spiro atoms. The van der Waals surface area contributed by atoms with Crippen LogP contribution in [-0.4, -0.2) is 30.4 Å². The molecule has 11 heteroatoms. The Morgan fingerprint density at radius 3 is 2.45 bits per heavy atom. The summed E-state index contributed by atoms with van der Waals surface area (Å²) in [6, 6.07) is 5.85. The van der Waals surface area contributed by atoms with E-state index in [9.17, 15) is 18.0 Å². The number of carbonyl (C=O) groups excluding carboxylic acids is 1. The Kier molecular flexibility index (Phi) is 5.95. The summed E-state index contributed by atoms with van der Waals surface area (Å²) in [5, 5.41) is 5.73. The Morgan fingerprint density at radius 1 is 1.06 bits per heavy atom. The molecule has 1 amide bonds. The first-order valence-electron chi connectivity index (χ1n) is 10.1. The molecule has 170 valence electrons. The highest BCUT2D eigenvalue weighted by Gasteiger charge is 2.29. The summed E-state index contributed by atoms with van der Waals surface area (Å²) in [6.45, 7) is 4.47. The average molecular weight is 455 g/mol. The van der Waals surface area contributed by atoms with Gasteiger partial charge >= 0.3 is 6.18 Å². The second-order valence-electron chi connectivity index (χ2n) is 7.31. The second-order valence-corrected chi connectivity index (χ2v) is 7.31. The standard InChI is InChI=1S/C22H20F3N7O/c1-3-32-12-29-18-10-26-16(8-19(18)32)21(33)30-13(2)17-9-28-20(11-27-17)31-15-6-4-14(5-7-15)22(23,24)25/h4-13H,3H2,1-2H3,(H,28,31)(H,30,33)/t13-/m1/s1. The first-order chi connectivity index (χ1) is 15.7. The minimum atomic E-state index is -4.39. The number of pyridine rings is 1. The fourth-order valence-electron chi connectivity index (χ4n) is 3.20. The lowest BCUT2D eigenvalue weighted by molar-refractivity contribution is -0.137. The van der Waals surface area contributed by atoms with Gasteiger partial charge in [0.15, 0.2) is 0 Å². The van der Waals surface area contributed by atoms with E-state index in [2.05, 4.69) is 30.6 Å². The molecule has 0 unspecified atom stereocenters. The molecule has 0 radical (unpaired) electrons. The number of hydrogen-bond donors (Lipinski definition) is 2. The molecule has 0 saturated heterocycles. The first-order valence-corrected chi connectivity index (χ1v) is 10.1. The van der Waals surface area contributed by atoms with Crippen molar-refractivity contribution in [3.63, 3.8) is 0 Å². The van der Waals surface area contributed by atoms with Gasteiger partial charge in [0.1, 0.15) is 17.0 Å². The van der Waals surface area contributed by atoms with E-state index in [1.165, 1.54) is 24.5 Å². The van der Waals surface area contributed by atoms with Crippen molar-refractivity contribution in [3.05, 3.63) is 72.2 Å². The van der Waals surface area contributed by atoms with E-state index in [4.69, 9.17) is 0 Å². The molecule has 0 fully saturated rings. The van der Waals surface area contributed by atoms with Gasteiger partial charge in [-0.2, -0.15) is 13.2 Å². The Morgan fingerprint density at radius 2 is 1.82 bits per heavy atom. The van der Waals surface area contributed by atoms with Crippen LogP contribution in [0.5, 0.6) is 0 Å². The number of halogens is 3. The molecule has 8 nitrogen and oxygen atoms in total. The van der Waals surface area contributed by atoms with Gasteiger partial charge < -0.3 is 15.2 Å². The summed E-state index contributed by atoms with van der Waals surface area (Å²) in [6.07, 6.45) is 1.80. The SMILES string of the molecule is CCn1cnc2cnc(C(=O)N[C@H](C)c3cnc(Nc4ccc(C(F)(F)F)cc4)cn3)cc21. The summed E-state index contributed by atoms with van der Waals surface area (Å²) in [5.41, 5.74) is 2.03. The first kappa shape index (κ1) is 22.2. The molecule has 0 aliphatic carbocycles. The Bertz CT molecular complexity index is 1270. The molecular weight excluding hydrogens is 435 g/mol. The van der Waals surface area contributed by atoms with Gasteiger partial charge in [-0.05, 0) is 44.2 Å². The zero-order valence-electron chi connectivity index (χ0n) is 17.8. The number of hydrogen-bond acceptors (Lipinski definition) is 6. The molecular formula is C22H20F3N7O. The number of nitrogens with zero attached hydrogens (tertiary/aromatic N) is 5. The molecule has 4 aromatic rings. The van der Waals surface area contributed by atoms with Crippen molar-refractivity contribution < 1.29 is 18.0 Å². The molecule has 0 aliphatic rings. The van der Waals surface area contributed by atoms with Gasteiger partial charge in [-0.1, -0.05) is 0 Å². The second kappa shape index (κ2) is 8.85. The van der Waals surface area contributed by atoms with Crippen LogP contribution in [0.1, 0.15) is 41.6 Å². The molecule has 33 heavy (non-hydrogen) atoms. The average Bonchev–Trinajstić information content (AvgIpc) is 3.21. The zero-order chi connectivity index (χ0) is 23.6. The van der Waals surface area contributed by atoms with E-state index in [-0.39, 0.29) is 11.6 Å². The highest BCUT2D eigenvalue weighted by atomic mass is 19.4. The number of carbonyl (C=O) groups is 1.